The van der Waals surface area contributed by atoms with Gasteiger partial charge in [-0.2, -0.15) is 0 Å². The Labute approximate surface area is 203 Å². The van der Waals surface area contributed by atoms with Crippen LogP contribution in [0.3, 0.4) is 0 Å². The first-order chi connectivity index (χ1) is 16.1. The molecule has 6 heteroatoms. The van der Waals surface area contributed by atoms with Crippen LogP contribution in [-0.2, 0) is 14.8 Å². The van der Waals surface area contributed by atoms with Gasteiger partial charge in [-0.3, -0.25) is 9.10 Å². The molecule has 34 heavy (non-hydrogen) atoms. The van der Waals surface area contributed by atoms with Gasteiger partial charge in [-0.1, -0.05) is 66.2 Å². The van der Waals surface area contributed by atoms with Crippen molar-refractivity contribution in [3.63, 3.8) is 0 Å². The third-order valence-corrected chi connectivity index (χ3v) is 7.36. The van der Waals surface area contributed by atoms with Gasteiger partial charge in [0, 0.05) is 13.0 Å². The van der Waals surface area contributed by atoms with Crippen molar-refractivity contribution in [2.75, 3.05) is 17.1 Å². The van der Waals surface area contributed by atoms with E-state index in [1.54, 1.807) is 0 Å². The maximum atomic E-state index is 13.0. The molecule has 1 atom stereocenters. The number of sulfonamides is 1. The molecule has 0 aliphatic rings. The number of carbonyl (C=O) groups is 1. The number of carbonyl (C=O) groups excluding carboxylic acids is 1. The molecule has 3 aromatic rings. The average Bonchev–Trinajstić information content (AvgIpc) is 2.78. The van der Waals surface area contributed by atoms with Crippen LogP contribution in [0, 0.1) is 27.7 Å². The maximum absolute atomic E-state index is 13.0. The largest absolute Gasteiger partial charge is 0.345 e. The monoisotopic (exact) mass is 478 g/mol. The van der Waals surface area contributed by atoms with Gasteiger partial charge in [-0.15, -0.1) is 0 Å². The van der Waals surface area contributed by atoms with Crippen molar-refractivity contribution < 1.29 is 13.2 Å². The van der Waals surface area contributed by atoms with Crippen LogP contribution in [0.4, 0.5) is 5.69 Å². The van der Waals surface area contributed by atoms with Gasteiger partial charge in [0.25, 0.3) is 0 Å². The Morgan fingerprint density at radius 1 is 0.912 bits per heavy atom. The molecule has 3 aromatic carbocycles. The van der Waals surface area contributed by atoms with Crippen LogP contribution in [0.15, 0.2) is 66.7 Å². The number of rotatable bonds is 9. The maximum Gasteiger partial charge on any atom is 0.232 e. The minimum atomic E-state index is -3.47. The molecule has 1 unspecified atom stereocenters. The molecule has 0 aromatic heterocycles. The van der Waals surface area contributed by atoms with Gasteiger partial charge in [-0.05, 0) is 68.0 Å². The van der Waals surface area contributed by atoms with E-state index in [1.165, 1.54) is 16.1 Å². The first kappa shape index (κ1) is 25.5. The van der Waals surface area contributed by atoms with Crippen molar-refractivity contribution in [3.05, 3.63) is 100 Å². The van der Waals surface area contributed by atoms with Crippen molar-refractivity contribution in [2.45, 2.75) is 46.6 Å². The van der Waals surface area contributed by atoms with E-state index in [0.717, 1.165) is 27.8 Å². The highest BCUT2D eigenvalue weighted by molar-refractivity contribution is 7.92. The van der Waals surface area contributed by atoms with Gasteiger partial charge in [-0.25, -0.2) is 8.42 Å². The molecule has 0 saturated carbocycles. The summed E-state index contributed by atoms with van der Waals surface area (Å²) in [6, 6.07) is 21.5. The van der Waals surface area contributed by atoms with Gasteiger partial charge in [0.15, 0.2) is 0 Å². The van der Waals surface area contributed by atoms with Crippen molar-refractivity contribution in [2.24, 2.45) is 0 Å². The molecule has 180 valence electrons. The van der Waals surface area contributed by atoms with Crippen LogP contribution in [-0.4, -0.2) is 27.1 Å². The summed E-state index contributed by atoms with van der Waals surface area (Å²) in [6.07, 6.45) is 1.85. The number of nitrogens with zero attached hydrogens (tertiary/aromatic N) is 1. The molecule has 0 saturated heterocycles. The average molecular weight is 479 g/mol. The van der Waals surface area contributed by atoms with Gasteiger partial charge in [0.2, 0.25) is 15.9 Å². The summed E-state index contributed by atoms with van der Waals surface area (Å²) in [5, 5.41) is 3.18. The number of nitrogens with one attached hydrogen (secondary N) is 1. The zero-order valence-electron chi connectivity index (χ0n) is 20.6. The molecule has 0 bridgehead atoms. The van der Waals surface area contributed by atoms with Gasteiger partial charge < -0.3 is 5.32 Å². The summed E-state index contributed by atoms with van der Waals surface area (Å²) in [6.45, 7) is 8.23. The molecule has 0 spiro atoms. The Hall–Kier alpha value is -3.12. The normalized spacial score (nSPS) is 12.3. The fraction of sp³-hybridized carbons (Fsp3) is 0.321. The van der Waals surface area contributed by atoms with Crippen LogP contribution in [0.1, 0.15) is 52.3 Å². The van der Waals surface area contributed by atoms with Crippen LogP contribution >= 0.6 is 0 Å². The predicted octanol–water partition coefficient (Wildman–Crippen LogP) is 5.37. The summed E-state index contributed by atoms with van der Waals surface area (Å²) in [4.78, 5) is 13.0. The summed E-state index contributed by atoms with van der Waals surface area (Å²) < 4.78 is 26.4. The fourth-order valence-electron chi connectivity index (χ4n) is 4.22. The summed E-state index contributed by atoms with van der Waals surface area (Å²) >= 11 is 0. The third kappa shape index (κ3) is 6.26. The first-order valence-electron chi connectivity index (χ1n) is 11.5. The topological polar surface area (TPSA) is 66.5 Å². The Kier molecular flexibility index (Phi) is 8.15. The number of aryl methyl sites for hydroxylation is 3. The molecule has 0 fully saturated rings. The quantitative estimate of drug-likeness (QED) is 0.449. The van der Waals surface area contributed by atoms with Crippen LogP contribution in [0.25, 0.3) is 0 Å². The highest BCUT2D eigenvalue weighted by atomic mass is 32.2. The highest BCUT2D eigenvalue weighted by Gasteiger charge is 2.22. The lowest BCUT2D eigenvalue weighted by molar-refractivity contribution is -0.121. The smallest absolute Gasteiger partial charge is 0.232 e. The van der Waals surface area contributed by atoms with E-state index < -0.39 is 10.0 Å². The molecule has 1 N–H and O–H groups in total. The van der Waals surface area contributed by atoms with E-state index in [4.69, 9.17) is 0 Å². The molecular weight excluding hydrogens is 444 g/mol. The number of amides is 1. The Morgan fingerprint density at radius 2 is 1.62 bits per heavy atom. The van der Waals surface area contributed by atoms with E-state index in [9.17, 15) is 13.2 Å². The van der Waals surface area contributed by atoms with Gasteiger partial charge in [0.1, 0.15) is 0 Å². The van der Waals surface area contributed by atoms with E-state index in [-0.39, 0.29) is 24.9 Å². The molecule has 3 rings (SSSR count). The van der Waals surface area contributed by atoms with Gasteiger partial charge in [0.05, 0.1) is 18.0 Å². The minimum absolute atomic E-state index is 0.108. The zero-order chi connectivity index (χ0) is 24.9. The molecule has 0 aliphatic heterocycles. The van der Waals surface area contributed by atoms with Crippen LogP contribution in [0.5, 0.6) is 0 Å². The molecular formula is C28H34N2O3S. The Morgan fingerprint density at radius 3 is 2.26 bits per heavy atom. The standard InChI is InChI=1S/C28H34N2O3S/c1-20-16-17-25(22(3)19-20)28(24-12-7-6-8-13-24)29-27(31)15-10-18-30(34(5,32)33)26-14-9-11-21(2)23(26)4/h6-9,11-14,16-17,19,28H,10,15,18H2,1-5H3,(H,29,31). The minimum Gasteiger partial charge on any atom is -0.345 e. The van der Waals surface area contributed by atoms with Crippen molar-refractivity contribution >= 4 is 21.6 Å². The number of hydrogen-bond acceptors (Lipinski definition) is 3. The van der Waals surface area contributed by atoms with Crippen molar-refractivity contribution in [1.82, 2.24) is 5.32 Å². The van der Waals surface area contributed by atoms with E-state index in [0.29, 0.717) is 12.1 Å². The number of anilines is 1. The molecule has 0 aliphatic carbocycles. The lowest BCUT2D eigenvalue weighted by Crippen LogP contribution is -2.33. The summed E-state index contributed by atoms with van der Waals surface area (Å²) in [5.74, 6) is -0.108. The van der Waals surface area contributed by atoms with Crippen LogP contribution in [0.2, 0.25) is 0 Å². The molecule has 5 nitrogen and oxygen atoms in total. The van der Waals surface area contributed by atoms with Crippen LogP contribution < -0.4 is 9.62 Å². The van der Waals surface area contributed by atoms with E-state index >= 15 is 0 Å². The second-order valence-corrected chi connectivity index (χ2v) is 10.8. The second kappa shape index (κ2) is 10.9. The lowest BCUT2D eigenvalue weighted by atomic mass is 9.93. The number of hydrogen-bond donors (Lipinski definition) is 1. The number of benzene rings is 3. The van der Waals surface area contributed by atoms with Crippen molar-refractivity contribution in [1.29, 1.82) is 0 Å². The van der Waals surface area contributed by atoms with Gasteiger partial charge >= 0.3 is 0 Å². The first-order valence-corrected chi connectivity index (χ1v) is 13.4. The predicted molar refractivity (Wildman–Crippen MR) is 140 cm³/mol. The second-order valence-electron chi connectivity index (χ2n) is 8.93. The lowest BCUT2D eigenvalue weighted by Gasteiger charge is -2.25. The molecule has 0 heterocycles. The van der Waals surface area contributed by atoms with Crippen molar-refractivity contribution in [3.8, 4) is 0 Å². The highest BCUT2D eigenvalue weighted by Crippen LogP contribution is 2.27. The Balaban J connectivity index is 1.75. The third-order valence-electron chi connectivity index (χ3n) is 6.18. The SMILES string of the molecule is Cc1ccc(C(NC(=O)CCCN(c2cccc(C)c2C)S(C)(=O)=O)c2ccccc2)c(C)c1. The molecule has 1 amide bonds. The van der Waals surface area contributed by atoms with E-state index in [1.807, 2.05) is 62.4 Å². The zero-order valence-corrected chi connectivity index (χ0v) is 21.4. The summed E-state index contributed by atoms with van der Waals surface area (Å²) in [5.41, 5.74) is 6.98. The van der Waals surface area contributed by atoms with E-state index in [2.05, 4.69) is 37.4 Å². The Bertz CT molecular complexity index is 1250. The fourth-order valence-corrected chi connectivity index (χ4v) is 5.24. The molecule has 0 radical (unpaired) electrons. The summed E-state index contributed by atoms with van der Waals surface area (Å²) in [7, 11) is -3.47.